The van der Waals surface area contributed by atoms with Gasteiger partial charge in [0.2, 0.25) is 11.8 Å². The van der Waals surface area contributed by atoms with E-state index in [9.17, 15) is 8.42 Å². The number of rotatable bonds is 6. The third-order valence-electron chi connectivity index (χ3n) is 4.08. The molecule has 1 unspecified atom stereocenters. The van der Waals surface area contributed by atoms with Crippen LogP contribution in [0, 0.1) is 0 Å². The molecule has 25 heavy (non-hydrogen) atoms. The Labute approximate surface area is 146 Å². The molecule has 1 saturated heterocycles. The highest BCUT2D eigenvalue weighted by atomic mass is 32.2. The summed E-state index contributed by atoms with van der Waals surface area (Å²) in [5, 5.41) is 10.2. The molecule has 0 saturated carbocycles. The van der Waals surface area contributed by atoms with E-state index in [4.69, 9.17) is 4.52 Å². The standard InChI is InChI=1S/C15H22N6O3S/c1-3-13-19-12(21-24-13)9-18-15-17-8-11(25(2,22)23)14(20-15)10-5-4-6-16-7-10/h8,10,16H,3-7,9H2,1-2H3,(H,17,18,20). The second-order valence-electron chi connectivity index (χ2n) is 6.07. The van der Waals surface area contributed by atoms with Gasteiger partial charge in [0, 0.05) is 25.1 Å². The maximum Gasteiger partial charge on any atom is 0.226 e. The molecular weight excluding hydrogens is 344 g/mol. The molecule has 3 heterocycles. The van der Waals surface area contributed by atoms with Crippen LogP contribution in [-0.2, 0) is 22.8 Å². The second-order valence-corrected chi connectivity index (χ2v) is 8.05. The van der Waals surface area contributed by atoms with Gasteiger partial charge in [-0.1, -0.05) is 12.1 Å². The van der Waals surface area contributed by atoms with Crippen molar-refractivity contribution in [2.45, 2.75) is 43.5 Å². The van der Waals surface area contributed by atoms with E-state index in [-0.39, 0.29) is 10.8 Å². The average Bonchev–Trinajstić information content (AvgIpc) is 3.08. The van der Waals surface area contributed by atoms with E-state index in [1.54, 1.807) is 0 Å². The minimum absolute atomic E-state index is 0.0545. The predicted molar refractivity (Wildman–Crippen MR) is 91.0 cm³/mol. The van der Waals surface area contributed by atoms with E-state index < -0.39 is 9.84 Å². The SMILES string of the molecule is CCc1nc(CNc2ncc(S(C)(=O)=O)c(C3CCCNC3)n2)no1. The van der Waals surface area contributed by atoms with Gasteiger partial charge in [-0.3, -0.25) is 0 Å². The fraction of sp³-hybridized carbons (Fsp3) is 0.600. The Kier molecular flexibility index (Phi) is 5.28. The van der Waals surface area contributed by atoms with Crippen LogP contribution < -0.4 is 10.6 Å². The van der Waals surface area contributed by atoms with Gasteiger partial charge in [-0.2, -0.15) is 4.98 Å². The molecule has 1 aliphatic rings. The minimum atomic E-state index is -3.39. The molecule has 2 N–H and O–H groups in total. The number of anilines is 1. The molecule has 0 aliphatic carbocycles. The van der Waals surface area contributed by atoms with Gasteiger partial charge in [-0.15, -0.1) is 0 Å². The van der Waals surface area contributed by atoms with Gasteiger partial charge in [-0.05, 0) is 19.4 Å². The second kappa shape index (κ2) is 7.44. The van der Waals surface area contributed by atoms with Crippen molar-refractivity contribution in [3.63, 3.8) is 0 Å². The van der Waals surface area contributed by atoms with E-state index in [0.717, 1.165) is 19.4 Å². The maximum atomic E-state index is 12.1. The van der Waals surface area contributed by atoms with E-state index in [0.29, 0.717) is 42.9 Å². The normalized spacial score (nSPS) is 18.2. The molecule has 3 rings (SSSR count). The average molecular weight is 366 g/mol. The maximum absolute atomic E-state index is 12.1. The highest BCUT2D eigenvalue weighted by Crippen LogP contribution is 2.27. The monoisotopic (exact) mass is 366 g/mol. The van der Waals surface area contributed by atoms with Crippen molar-refractivity contribution < 1.29 is 12.9 Å². The summed E-state index contributed by atoms with van der Waals surface area (Å²) in [4.78, 5) is 13.0. The fourth-order valence-corrected chi connectivity index (χ4v) is 3.63. The lowest BCUT2D eigenvalue weighted by molar-refractivity contribution is 0.377. The zero-order valence-electron chi connectivity index (χ0n) is 14.3. The largest absolute Gasteiger partial charge is 0.347 e. The van der Waals surface area contributed by atoms with Crippen molar-refractivity contribution in [3.05, 3.63) is 23.6 Å². The molecule has 0 amide bonds. The summed E-state index contributed by atoms with van der Waals surface area (Å²) < 4.78 is 29.2. The Morgan fingerprint density at radius 2 is 2.24 bits per heavy atom. The Morgan fingerprint density at radius 1 is 1.40 bits per heavy atom. The predicted octanol–water partition coefficient (Wildman–Crippen LogP) is 0.905. The molecular formula is C15H22N6O3S. The number of sulfone groups is 1. The molecule has 9 nitrogen and oxygen atoms in total. The quantitative estimate of drug-likeness (QED) is 0.767. The number of piperidine rings is 1. The molecule has 1 fully saturated rings. The Balaban J connectivity index is 1.82. The van der Waals surface area contributed by atoms with Crippen LogP contribution in [0.25, 0.3) is 0 Å². The van der Waals surface area contributed by atoms with Crippen LogP contribution in [0.1, 0.15) is 43.1 Å². The first-order chi connectivity index (χ1) is 12.0. The molecule has 1 atom stereocenters. The van der Waals surface area contributed by atoms with Crippen LogP contribution in [0.2, 0.25) is 0 Å². The molecule has 0 bridgehead atoms. The van der Waals surface area contributed by atoms with Gasteiger partial charge in [0.1, 0.15) is 4.90 Å². The summed E-state index contributed by atoms with van der Waals surface area (Å²) in [5.41, 5.74) is 0.564. The van der Waals surface area contributed by atoms with E-state index in [1.165, 1.54) is 12.5 Å². The molecule has 2 aromatic heterocycles. The third kappa shape index (κ3) is 4.31. The third-order valence-corrected chi connectivity index (χ3v) is 5.20. The van der Waals surface area contributed by atoms with Crippen LogP contribution in [-0.4, -0.2) is 47.9 Å². The number of nitrogens with zero attached hydrogens (tertiary/aromatic N) is 4. The first-order valence-electron chi connectivity index (χ1n) is 8.30. The van der Waals surface area contributed by atoms with Crippen LogP contribution in [0.5, 0.6) is 0 Å². The first kappa shape index (κ1) is 17.7. The summed E-state index contributed by atoms with van der Waals surface area (Å²) in [6, 6.07) is 0. The fourth-order valence-electron chi connectivity index (χ4n) is 2.80. The van der Waals surface area contributed by atoms with Crippen molar-refractivity contribution in [2.75, 3.05) is 24.7 Å². The van der Waals surface area contributed by atoms with Crippen LogP contribution in [0.15, 0.2) is 15.6 Å². The number of hydrogen-bond donors (Lipinski definition) is 2. The lowest BCUT2D eigenvalue weighted by Crippen LogP contribution is -2.30. The molecule has 136 valence electrons. The zero-order chi connectivity index (χ0) is 17.9. The molecule has 2 aromatic rings. The van der Waals surface area contributed by atoms with E-state index in [2.05, 4.69) is 30.7 Å². The topological polar surface area (TPSA) is 123 Å². The molecule has 0 aromatic carbocycles. The number of aryl methyl sites for hydroxylation is 1. The Hall–Kier alpha value is -2.07. The van der Waals surface area contributed by atoms with Gasteiger partial charge in [-0.25, -0.2) is 18.4 Å². The van der Waals surface area contributed by atoms with Gasteiger partial charge in [0.15, 0.2) is 15.7 Å². The van der Waals surface area contributed by atoms with Crippen LogP contribution >= 0.6 is 0 Å². The zero-order valence-corrected chi connectivity index (χ0v) is 15.1. The van der Waals surface area contributed by atoms with Crippen molar-refractivity contribution in [1.29, 1.82) is 0 Å². The summed E-state index contributed by atoms with van der Waals surface area (Å²) in [6.45, 7) is 3.90. The van der Waals surface area contributed by atoms with Gasteiger partial charge in [0.05, 0.1) is 18.4 Å². The summed E-state index contributed by atoms with van der Waals surface area (Å²) >= 11 is 0. The minimum Gasteiger partial charge on any atom is -0.347 e. The molecule has 10 heteroatoms. The van der Waals surface area contributed by atoms with Gasteiger partial charge in [0.25, 0.3) is 0 Å². The van der Waals surface area contributed by atoms with E-state index >= 15 is 0 Å². The number of aromatic nitrogens is 4. The van der Waals surface area contributed by atoms with Crippen LogP contribution in [0.4, 0.5) is 5.95 Å². The van der Waals surface area contributed by atoms with Gasteiger partial charge < -0.3 is 15.2 Å². The Morgan fingerprint density at radius 3 is 2.88 bits per heavy atom. The summed E-state index contributed by atoms with van der Waals surface area (Å²) in [5.74, 6) is 1.49. The lowest BCUT2D eigenvalue weighted by Gasteiger charge is -2.24. The lowest BCUT2D eigenvalue weighted by atomic mass is 9.96. The van der Waals surface area contributed by atoms with Crippen molar-refractivity contribution in [2.24, 2.45) is 0 Å². The molecule has 1 aliphatic heterocycles. The molecule has 0 radical (unpaired) electrons. The highest BCUT2D eigenvalue weighted by molar-refractivity contribution is 7.90. The van der Waals surface area contributed by atoms with Gasteiger partial charge >= 0.3 is 0 Å². The van der Waals surface area contributed by atoms with Crippen molar-refractivity contribution in [1.82, 2.24) is 25.4 Å². The highest BCUT2D eigenvalue weighted by Gasteiger charge is 2.25. The first-order valence-corrected chi connectivity index (χ1v) is 10.2. The molecule has 0 spiro atoms. The van der Waals surface area contributed by atoms with Crippen molar-refractivity contribution in [3.8, 4) is 0 Å². The van der Waals surface area contributed by atoms with E-state index in [1.807, 2.05) is 6.92 Å². The Bertz CT molecular complexity index is 830. The summed E-state index contributed by atoms with van der Waals surface area (Å²) in [7, 11) is -3.39. The number of hydrogen-bond acceptors (Lipinski definition) is 9. The van der Waals surface area contributed by atoms with Crippen LogP contribution in [0.3, 0.4) is 0 Å². The smallest absolute Gasteiger partial charge is 0.226 e. The summed E-state index contributed by atoms with van der Waals surface area (Å²) in [6.07, 6.45) is 5.12. The number of nitrogens with one attached hydrogen (secondary N) is 2. The van der Waals surface area contributed by atoms with Crippen molar-refractivity contribution >= 4 is 15.8 Å².